The van der Waals surface area contributed by atoms with Gasteiger partial charge in [0.1, 0.15) is 0 Å². The molecule has 1 aromatic heterocycles. The van der Waals surface area contributed by atoms with Gasteiger partial charge in [-0.1, -0.05) is 109 Å². The summed E-state index contributed by atoms with van der Waals surface area (Å²) in [5.41, 5.74) is 5.42. The number of para-hydroxylation sites is 1. The number of hydrogen-bond donors (Lipinski definition) is 2. The van der Waals surface area contributed by atoms with E-state index in [1.165, 1.54) is 15.8 Å². The minimum atomic E-state index is -0.319. The monoisotopic (exact) mass is 462 g/mol. The molecule has 2 N–H and O–H groups in total. The SMILES string of the molecule is O=C(NCCSc1c(-c2ccccc2)[nH]c2ccccc12)C(c1ccccc1)c1ccccc1. The first-order chi connectivity index (χ1) is 16.8. The van der Waals surface area contributed by atoms with Crippen molar-refractivity contribution in [3.05, 3.63) is 126 Å². The third kappa shape index (κ3) is 4.78. The van der Waals surface area contributed by atoms with Gasteiger partial charge in [0, 0.05) is 28.1 Å². The van der Waals surface area contributed by atoms with E-state index in [0.29, 0.717) is 6.54 Å². The molecule has 1 heterocycles. The lowest BCUT2D eigenvalue weighted by atomic mass is 9.90. The summed E-state index contributed by atoms with van der Waals surface area (Å²) >= 11 is 1.78. The zero-order valence-corrected chi connectivity index (χ0v) is 19.6. The van der Waals surface area contributed by atoms with Gasteiger partial charge in [-0.05, 0) is 22.8 Å². The second kappa shape index (κ2) is 10.4. The molecule has 168 valence electrons. The predicted molar refractivity (Wildman–Crippen MR) is 142 cm³/mol. The van der Waals surface area contributed by atoms with E-state index in [-0.39, 0.29) is 11.8 Å². The molecule has 0 saturated heterocycles. The first kappa shape index (κ1) is 22.1. The second-order valence-corrected chi connectivity index (χ2v) is 9.24. The van der Waals surface area contributed by atoms with Crippen LogP contribution in [-0.2, 0) is 4.79 Å². The Kier molecular flexibility index (Phi) is 6.78. The maximum atomic E-state index is 13.3. The Balaban J connectivity index is 1.31. The highest BCUT2D eigenvalue weighted by atomic mass is 32.2. The van der Waals surface area contributed by atoms with Crippen LogP contribution in [0.25, 0.3) is 22.2 Å². The Hall–Kier alpha value is -3.76. The maximum Gasteiger partial charge on any atom is 0.232 e. The van der Waals surface area contributed by atoms with E-state index in [1.807, 2.05) is 66.7 Å². The minimum absolute atomic E-state index is 0.0280. The van der Waals surface area contributed by atoms with Gasteiger partial charge in [-0.2, -0.15) is 0 Å². The third-order valence-corrected chi connectivity index (χ3v) is 7.02. The first-order valence-electron chi connectivity index (χ1n) is 11.5. The van der Waals surface area contributed by atoms with Crippen LogP contribution in [0.3, 0.4) is 0 Å². The Bertz CT molecular complexity index is 1330. The van der Waals surface area contributed by atoms with Crippen molar-refractivity contribution in [1.29, 1.82) is 0 Å². The molecule has 1 amide bonds. The average molecular weight is 463 g/mol. The molecule has 0 aliphatic rings. The molecule has 5 aromatic rings. The van der Waals surface area contributed by atoms with Gasteiger partial charge in [0.15, 0.2) is 0 Å². The normalized spacial score (nSPS) is 11.1. The van der Waals surface area contributed by atoms with Crippen molar-refractivity contribution in [3.63, 3.8) is 0 Å². The van der Waals surface area contributed by atoms with Crippen LogP contribution in [-0.4, -0.2) is 23.2 Å². The molecule has 0 aliphatic carbocycles. The molecule has 0 spiro atoms. The molecule has 4 heteroatoms. The number of carbonyl (C=O) groups is 1. The number of rotatable bonds is 8. The molecule has 5 rings (SSSR count). The Morgan fingerprint density at radius 2 is 1.29 bits per heavy atom. The van der Waals surface area contributed by atoms with Crippen molar-refractivity contribution >= 4 is 28.6 Å². The number of aromatic nitrogens is 1. The molecular formula is C30H26N2OS. The standard InChI is InChI=1S/C30H26N2OS/c33-30(27(22-12-4-1-5-13-22)23-14-6-2-7-15-23)31-20-21-34-29-25-18-10-11-19-26(25)32-28(29)24-16-8-3-9-17-24/h1-19,27,32H,20-21H2,(H,31,33). The third-order valence-electron chi connectivity index (χ3n) is 5.90. The molecule has 0 atom stereocenters. The Labute approximate surface area is 204 Å². The van der Waals surface area contributed by atoms with E-state index in [9.17, 15) is 4.79 Å². The van der Waals surface area contributed by atoms with E-state index in [2.05, 4.69) is 58.8 Å². The number of benzene rings is 4. The van der Waals surface area contributed by atoms with Crippen LogP contribution in [0.15, 0.2) is 120 Å². The topological polar surface area (TPSA) is 44.9 Å². The summed E-state index contributed by atoms with van der Waals surface area (Å²) in [4.78, 5) is 18.1. The van der Waals surface area contributed by atoms with Gasteiger partial charge >= 0.3 is 0 Å². The summed E-state index contributed by atoms with van der Waals surface area (Å²) < 4.78 is 0. The van der Waals surface area contributed by atoms with Gasteiger partial charge in [0.25, 0.3) is 0 Å². The van der Waals surface area contributed by atoms with Crippen molar-refractivity contribution in [1.82, 2.24) is 10.3 Å². The van der Waals surface area contributed by atoms with Crippen LogP contribution in [0.1, 0.15) is 17.0 Å². The number of fused-ring (bicyclic) bond motifs is 1. The molecule has 4 aromatic carbocycles. The molecule has 3 nitrogen and oxygen atoms in total. The lowest BCUT2D eigenvalue weighted by molar-refractivity contribution is -0.121. The smallest absolute Gasteiger partial charge is 0.232 e. The Morgan fingerprint density at radius 3 is 1.94 bits per heavy atom. The zero-order valence-electron chi connectivity index (χ0n) is 18.8. The van der Waals surface area contributed by atoms with Crippen molar-refractivity contribution in [3.8, 4) is 11.3 Å². The lowest BCUT2D eigenvalue weighted by Crippen LogP contribution is -2.31. The van der Waals surface area contributed by atoms with Crippen LogP contribution in [0, 0.1) is 0 Å². The molecule has 0 saturated carbocycles. The van der Waals surface area contributed by atoms with Crippen molar-refractivity contribution in [2.24, 2.45) is 0 Å². The molecule has 0 radical (unpaired) electrons. The summed E-state index contributed by atoms with van der Waals surface area (Å²) in [5.74, 6) is 0.490. The number of thioether (sulfide) groups is 1. The van der Waals surface area contributed by atoms with Gasteiger partial charge in [-0.15, -0.1) is 11.8 Å². The largest absolute Gasteiger partial charge is 0.354 e. The van der Waals surface area contributed by atoms with E-state index in [4.69, 9.17) is 0 Å². The van der Waals surface area contributed by atoms with Gasteiger partial charge in [-0.3, -0.25) is 4.79 Å². The minimum Gasteiger partial charge on any atom is -0.354 e. The molecule has 0 fully saturated rings. The highest BCUT2D eigenvalue weighted by molar-refractivity contribution is 7.99. The molecule has 0 aliphatic heterocycles. The van der Waals surface area contributed by atoms with Crippen LogP contribution < -0.4 is 5.32 Å². The molecule has 0 unspecified atom stereocenters. The highest BCUT2D eigenvalue weighted by Crippen LogP contribution is 2.37. The fourth-order valence-electron chi connectivity index (χ4n) is 4.29. The maximum absolute atomic E-state index is 13.3. The van der Waals surface area contributed by atoms with Gasteiger partial charge in [-0.25, -0.2) is 0 Å². The molecule has 0 bridgehead atoms. The van der Waals surface area contributed by atoms with E-state index >= 15 is 0 Å². The van der Waals surface area contributed by atoms with Crippen LogP contribution in [0.5, 0.6) is 0 Å². The van der Waals surface area contributed by atoms with Crippen molar-refractivity contribution in [2.75, 3.05) is 12.3 Å². The summed E-state index contributed by atoms with van der Waals surface area (Å²) in [5, 5.41) is 4.39. The predicted octanol–water partition coefficient (Wildman–Crippen LogP) is 6.88. The van der Waals surface area contributed by atoms with E-state index in [1.54, 1.807) is 11.8 Å². The van der Waals surface area contributed by atoms with Crippen LogP contribution >= 0.6 is 11.8 Å². The summed E-state index contributed by atoms with van der Waals surface area (Å²) in [7, 11) is 0. The molecule has 34 heavy (non-hydrogen) atoms. The zero-order chi connectivity index (χ0) is 23.2. The van der Waals surface area contributed by atoms with Gasteiger partial charge in [0.2, 0.25) is 5.91 Å². The summed E-state index contributed by atoms with van der Waals surface area (Å²) in [6.45, 7) is 0.591. The Morgan fingerprint density at radius 1 is 0.735 bits per heavy atom. The van der Waals surface area contributed by atoms with Gasteiger partial charge < -0.3 is 10.3 Å². The lowest BCUT2D eigenvalue weighted by Gasteiger charge is -2.18. The van der Waals surface area contributed by atoms with Crippen LogP contribution in [0.4, 0.5) is 0 Å². The highest BCUT2D eigenvalue weighted by Gasteiger charge is 2.22. The number of H-pyrrole nitrogens is 1. The number of nitrogens with one attached hydrogen (secondary N) is 2. The van der Waals surface area contributed by atoms with Crippen molar-refractivity contribution < 1.29 is 4.79 Å². The second-order valence-electron chi connectivity index (χ2n) is 8.13. The molecular weight excluding hydrogens is 436 g/mol. The fraction of sp³-hybridized carbons (Fsp3) is 0.100. The van der Waals surface area contributed by atoms with Crippen LogP contribution in [0.2, 0.25) is 0 Å². The number of hydrogen-bond acceptors (Lipinski definition) is 2. The first-order valence-corrected chi connectivity index (χ1v) is 12.5. The van der Waals surface area contributed by atoms with E-state index < -0.39 is 0 Å². The van der Waals surface area contributed by atoms with Gasteiger partial charge in [0.05, 0.1) is 11.6 Å². The van der Waals surface area contributed by atoms with E-state index in [0.717, 1.165) is 28.1 Å². The number of amides is 1. The fourth-order valence-corrected chi connectivity index (χ4v) is 5.34. The summed E-state index contributed by atoms with van der Waals surface area (Å²) in [6.07, 6.45) is 0. The average Bonchev–Trinajstić information content (AvgIpc) is 3.27. The quantitative estimate of drug-likeness (QED) is 0.195. The summed E-state index contributed by atoms with van der Waals surface area (Å²) in [6, 6.07) is 38.7. The number of aromatic amines is 1. The van der Waals surface area contributed by atoms with Crippen molar-refractivity contribution in [2.45, 2.75) is 10.8 Å². The number of carbonyl (C=O) groups excluding carboxylic acids is 1.